The van der Waals surface area contributed by atoms with E-state index in [1.54, 1.807) is 0 Å². The zero-order valence-electron chi connectivity index (χ0n) is 11.2. The first-order chi connectivity index (χ1) is 9.24. The molecular formula is C15H20N2O2. The molecule has 19 heavy (non-hydrogen) atoms. The Labute approximate surface area is 113 Å². The zero-order chi connectivity index (χ0) is 13.2. The number of hydrogen-bond donors (Lipinski definition) is 2. The van der Waals surface area contributed by atoms with Gasteiger partial charge in [0.05, 0.1) is 6.61 Å². The van der Waals surface area contributed by atoms with Crippen LogP contribution in [0.25, 0.3) is 0 Å². The summed E-state index contributed by atoms with van der Waals surface area (Å²) in [6, 6.07) is 6.14. The minimum atomic E-state index is 0.0223. The van der Waals surface area contributed by atoms with Crippen LogP contribution in [0, 0.1) is 5.92 Å². The van der Waals surface area contributed by atoms with Crippen molar-refractivity contribution >= 4 is 5.91 Å². The Bertz CT molecular complexity index is 481. The summed E-state index contributed by atoms with van der Waals surface area (Å²) in [6.45, 7) is 5.41. The topological polar surface area (TPSA) is 50.4 Å². The van der Waals surface area contributed by atoms with Gasteiger partial charge in [-0.05, 0) is 36.6 Å². The van der Waals surface area contributed by atoms with Crippen molar-refractivity contribution in [2.24, 2.45) is 5.92 Å². The van der Waals surface area contributed by atoms with Gasteiger partial charge in [-0.15, -0.1) is 0 Å². The molecule has 2 heterocycles. The van der Waals surface area contributed by atoms with Gasteiger partial charge in [0.2, 0.25) is 0 Å². The first-order valence-electron chi connectivity index (χ1n) is 6.95. The Kier molecular flexibility index (Phi) is 3.53. The van der Waals surface area contributed by atoms with Crippen molar-refractivity contribution in [2.75, 3.05) is 13.2 Å². The first-order valence-corrected chi connectivity index (χ1v) is 6.95. The second kappa shape index (κ2) is 5.31. The summed E-state index contributed by atoms with van der Waals surface area (Å²) in [4.78, 5) is 12.2. The van der Waals surface area contributed by atoms with E-state index in [-0.39, 0.29) is 11.9 Å². The smallest absolute Gasteiger partial charge is 0.251 e. The molecule has 3 rings (SSSR count). The molecule has 0 bridgehead atoms. The summed E-state index contributed by atoms with van der Waals surface area (Å²) in [5.41, 5.74) is 3.30. The molecule has 1 aromatic rings. The maximum absolute atomic E-state index is 12.2. The molecule has 0 spiro atoms. The second-order valence-electron chi connectivity index (χ2n) is 5.47. The molecule has 0 saturated carbocycles. The molecule has 1 aromatic carbocycles. The number of carbonyl (C=O) groups excluding carboxylic acids is 1. The van der Waals surface area contributed by atoms with Crippen molar-refractivity contribution in [2.45, 2.75) is 32.5 Å². The highest BCUT2D eigenvalue weighted by Crippen LogP contribution is 2.19. The summed E-state index contributed by atoms with van der Waals surface area (Å²) >= 11 is 0. The fourth-order valence-corrected chi connectivity index (χ4v) is 2.79. The minimum Gasteiger partial charge on any atom is -0.381 e. The number of benzene rings is 1. The van der Waals surface area contributed by atoms with Gasteiger partial charge in [0.25, 0.3) is 5.91 Å². The molecule has 2 atom stereocenters. The Morgan fingerprint density at radius 1 is 1.42 bits per heavy atom. The summed E-state index contributed by atoms with van der Waals surface area (Å²) < 4.78 is 5.37. The van der Waals surface area contributed by atoms with Gasteiger partial charge in [-0.3, -0.25) is 4.79 Å². The van der Waals surface area contributed by atoms with Crippen LogP contribution in [-0.4, -0.2) is 25.2 Å². The molecule has 102 valence electrons. The highest BCUT2D eigenvalue weighted by Gasteiger charge is 2.24. The van der Waals surface area contributed by atoms with Crippen molar-refractivity contribution in [3.05, 3.63) is 34.9 Å². The van der Waals surface area contributed by atoms with E-state index in [4.69, 9.17) is 4.74 Å². The van der Waals surface area contributed by atoms with Crippen LogP contribution in [0.15, 0.2) is 18.2 Å². The molecule has 2 unspecified atom stereocenters. The third-order valence-corrected chi connectivity index (χ3v) is 4.13. The molecule has 0 aliphatic carbocycles. The summed E-state index contributed by atoms with van der Waals surface area (Å²) in [5.74, 6) is 0.467. The summed E-state index contributed by atoms with van der Waals surface area (Å²) in [5, 5.41) is 6.38. The van der Waals surface area contributed by atoms with Crippen LogP contribution in [0.5, 0.6) is 0 Å². The van der Waals surface area contributed by atoms with Gasteiger partial charge in [-0.2, -0.15) is 0 Å². The monoisotopic (exact) mass is 260 g/mol. The zero-order valence-corrected chi connectivity index (χ0v) is 11.2. The van der Waals surface area contributed by atoms with Crippen molar-refractivity contribution in [3.63, 3.8) is 0 Å². The normalized spacial score (nSPS) is 23.1. The minimum absolute atomic E-state index is 0.0223. The maximum Gasteiger partial charge on any atom is 0.251 e. The molecule has 0 aromatic heterocycles. The molecule has 2 N–H and O–H groups in total. The highest BCUT2D eigenvalue weighted by atomic mass is 16.5. The average molecular weight is 260 g/mol. The Morgan fingerprint density at radius 2 is 2.26 bits per heavy atom. The quantitative estimate of drug-likeness (QED) is 0.864. The lowest BCUT2D eigenvalue weighted by Crippen LogP contribution is -2.38. The predicted octanol–water partition coefficient (Wildman–Crippen LogP) is 1.44. The molecule has 1 amide bonds. The van der Waals surface area contributed by atoms with Crippen LogP contribution in [0.1, 0.15) is 34.8 Å². The molecule has 0 radical (unpaired) electrons. The van der Waals surface area contributed by atoms with Gasteiger partial charge in [0, 0.05) is 37.2 Å². The van der Waals surface area contributed by atoms with Crippen molar-refractivity contribution in [1.82, 2.24) is 10.6 Å². The largest absolute Gasteiger partial charge is 0.381 e. The fourth-order valence-electron chi connectivity index (χ4n) is 2.79. The number of rotatable bonds is 3. The fraction of sp³-hybridized carbons (Fsp3) is 0.533. The van der Waals surface area contributed by atoms with Gasteiger partial charge in [0.1, 0.15) is 0 Å². The van der Waals surface area contributed by atoms with E-state index in [2.05, 4.69) is 17.6 Å². The van der Waals surface area contributed by atoms with E-state index < -0.39 is 0 Å². The molecule has 4 heteroatoms. The first kappa shape index (κ1) is 12.6. The van der Waals surface area contributed by atoms with Crippen molar-refractivity contribution in [1.29, 1.82) is 0 Å². The average Bonchev–Trinajstić information content (AvgIpc) is 3.09. The van der Waals surface area contributed by atoms with Gasteiger partial charge in [0.15, 0.2) is 0 Å². The van der Waals surface area contributed by atoms with Gasteiger partial charge < -0.3 is 15.4 Å². The van der Waals surface area contributed by atoms with Crippen LogP contribution in [-0.2, 0) is 17.8 Å². The summed E-state index contributed by atoms with van der Waals surface area (Å²) in [6.07, 6.45) is 1.04. The molecule has 1 fully saturated rings. The van der Waals surface area contributed by atoms with Crippen LogP contribution in [0.3, 0.4) is 0 Å². The van der Waals surface area contributed by atoms with E-state index in [0.29, 0.717) is 5.92 Å². The SMILES string of the molecule is CC(NC(=O)c1ccc2c(c1)CNC2)C1CCOC1. The third-order valence-electron chi connectivity index (χ3n) is 4.13. The van der Waals surface area contributed by atoms with E-state index in [0.717, 1.165) is 38.3 Å². The standard InChI is InChI=1S/C15H20N2O2/c1-10(13-4-5-19-9-13)17-15(18)11-2-3-12-7-16-8-14(12)6-11/h2-3,6,10,13,16H,4-5,7-9H2,1H3,(H,17,18). The number of carbonyl (C=O) groups is 1. The molecule has 1 saturated heterocycles. The molecular weight excluding hydrogens is 240 g/mol. The number of fused-ring (bicyclic) bond motifs is 1. The van der Waals surface area contributed by atoms with Crippen LogP contribution in [0.2, 0.25) is 0 Å². The number of nitrogens with one attached hydrogen (secondary N) is 2. The second-order valence-corrected chi connectivity index (χ2v) is 5.47. The van der Waals surface area contributed by atoms with Crippen LogP contribution in [0.4, 0.5) is 0 Å². The Morgan fingerprint density at radius 3 is 3.05 bits per heavy atom. The molecule has 2 aliphatic rings. The third kappa shape index (κ3) is 2.65. The molecule has 4 nitrogen and oxygen atoms in total. The Hall–Kier alpha value is -1.39. The van der Waals surface area contributed by atoms with Crippen molar-refractivity contribution < 1.29 is 9.53 Å². The lowest BCUT2D eigenvalue weighted by molar-refractivity contribution is 0.0922. The van der Waals surface area contributed by atoms with Crippen LogP contribution < -0.4 is 10.6 Å². The Balaban J connectivity index is 1.66. The van der Waals surface area contributed by atoms with E-state index >= 15 is 0 Å². The van der Waals surface area contributed by atoms with Crippen molar-refractivity contribution in [3.8, 4) is 0 Å². The van der Waals surface area contributed by atoms with E-state index in [9.17, 15) is 4.79 Å². The maximum atomic E-state index is 12.2. The number of amides is 1. The van der Waals surface area contributed by atoms with Gasteiger partial charge in [-0.1, -0.05) is 6.07 Å². The van der Waals surface area contributed by atoms with Gasteiger partial charge >= 0.3 is 0 Å². The lowest BCUT2D eigenvalue weighted by atomic mass is 10.00. The molecule has 2 aliphatic heterocycles. The lowest BCUT2D eigenvalue weighted by Gasteiger charge is -2.19. The number of hydrogen-bond acceptors (Lipinski definition) is 3. The van der Waals surface area contributed by atoms with Gasteiger partial charge in [-0.25, -0.2) is 0 Å². The highest BCUT2D eigenvalue weighted by molar-refractivity contribution is 5.94. The predicted molar refractivity (Wildman–Crippen MR) is 72.8 cm³/mol. The van der Waals surface area contributed by atoms with E-state index in [1.807, 2.05) is 18.2 Å². The summed E-state index contributed by atoms with van der Waals surface area (Å²) in [7, 11) is 0. The van der Waals surface area contributed by atoms with E-state index in [1.165, 1.54) is 11.1 Å². The van der Waals surface area contributed by atoms with Crippen LogP contribution >= 0.6 is 0 Å². The number of ether oxygens (including phenoxy) is 1.